The van der Waals surface area contributed by atoms with Gasteiger partial charge in [0.2, 0.25) is 5.91 Å². The standard InChI is InChI=1S/C17H27N3O/c1-15(2)20(14-16-6-4-3-5-7-16)11-8-17(21)19-12-9-18-10-13-19/h3-7,15,18H,8-14H2,1-2H3. The quantitative estimate of drug-likeness (QED) is 0.866. The molecule has 1 heterocycles. The Balaban J connectivity index is 1.83. The normalized spacial score (nSPS) is 15.7. The zero-order valence-corrected chi connectivity index (χ0v) is 13.2. The molecule has 1 fully saturated rings. The van der Waals surface area contributed by atoms with Gasteiger partial charge in [0.05, 0.1) is 0 Å². The lowest BCUT2D eigenvalue weighted by molar-refractivity contribution is -0.132. The first kappa shape index (κ1) is 16.0. The van der Waals surface area contributed by atoms with E-state index in [-0.39, 0.29) is 5.91 Å². The fourth-order valence-corrected chi connectivity index (χ4v) is 2.65. The van der Waals surface area contributed by atoms with Gasteiger partial charge < -0.3 is 10.2 Å². The van der Waals surface area contributed by atoms with Crippen molar-refractivity contribution in [2.45, 2.75) is 32.9 Å². The lowest BCUT2D eigenvalue weighted by Gasteiger charge is -2.30. The lowest BCUT2D eigenvalue weighted by Crippen LogP contribution is -2.47. The van der Waals surface area contributed by atoms with Gasteiger partial charge in [-0.1, -0.05) is 30.3 Å². The van der Waals surface area contributed by atoms with Crippen LogP contribution in [-0.4, -0.2) is 54.5 Å². The molecule has 1 amide bonds. The number of hydrogen-bond acceptors (Lipinski definition) is 3. The van der Waals surface area contributed by atoms with Gasteiger partial charge in [-0.15, -0.1) is 0 Å². The first-order chi connectivity index (χ1) is 10.2. The summed E-state index contributed by atoms with van der Waals surface area (Å²) in [4.78, 5) is 16.6. The van der Waals surface area contributed by atoms with E-state index in [9.17, 15) is 4.79 Å². The van der Waals surface area contributed by atoms with E-state index < -0.39 is 0 Å². The molecule has 116 valence electrons. The van der Waals surface area contributed by atoms with E-state index >= 15 is 0 Å². The number of benzene rings is 1. The fourth-order valence-electron chi connectivity index (χ4n) is 2.65. The van der Waals surface area contributed by atoms with Gasteiger partial charge in [-0.05, 0) is 19.4 Å². The third kappa shape index (κ3) is 5.14. The molecule has 0 aromatic heterocycles. The number of nitrogens with zero attached hydrogens (tertiary/aromatic N) is 2. The largest absolute Gasteiger partial charge is 0.340 e. The Morgan fingerprint density at radius 3 is 2.52 bits per heavy atom. The van der Waals surface area contributed by atoms with Crippen LogP contribution in [0.3, 0.4) is 0 Å². The average Bonchev–Trinajstić information content (AvgIpc) is 2.52. The average molecular weight is 289 g/mol. The predicted octanol–water partition coefficient (Wildman–Crippen LogP) is 1.72. The van der Waals surface area contributed by atoms with Gasteiger partial charge in [0.1, 0.15) is 0 Å². The minimum atomic E-state index is 0.287. The molecule has 0 atom stereocenters. The van der Waals surface area contributed by atoms with Crippen molar-refractivity contribution in [1.82, 2.24) is 15.1 Å². The maximum absolute atomic E-state index is 12.2. The molecule has 0 unspecified atom stereocenters. The number of carbonyl (C=O) groups is 1. The van der Waals surface area contributed by atoms with Crippen molar-refractivity contribution in [3.63, 3.8) is 0 Å². The Hall–Kier alpha value is -1.39. The van der Waals surface area contributed by atoms with Crippen LogP contribution < -0.4 is 5.32 Å². The summed E-state index contributed by atoms with van der Waals surface area (Å²) in [6.07, 6.45) is 0.616. The van der Waals surface area contributed by atoms with Crippen molar-refractivity contribution in [2.24, 2.45) is 0 Å². The molecule has 0 bridgehead atoms. The van der Waals surface area contributed by atoms with Crippen LogP contribution in [0.4, 0.5) is 0 Å². The summed E-state index contributed by atoms with van der Waals surface area (Å²) in [5.74, 6) is 0.287. The number of nitrogens with one attached hydrogen (secondary N) is 1. The topological polar surface area (TPSA) is 35.6 Å². The van der Waals surface area contributed by atoms with Gasteiger partial charge >= 0.3 is 0 Å². The number of piperazine rings is 1. The number of rotatable bonds is 6. The van der Waals surface area contributed by atoms with Crippen LogP contribution in [0.2, 0.25) is 0 Å². The minimum Gasteiger partial charge on any atom is -0.340 e. The summed E-state index contributed by atoms with van der Waals surface area (Å²) in [5, 5.41) is 3.28. The molecule has 0 radical (unpaired) electrons. The summed E-state index contributed by atoms with van der Waals surface area (Å²) in [6.45, 7) is 9.66. The highest BCUT2D eigenvalue weighted by molar-refractivity contribution is 5.76. The first-order valence-electron chi connectivity index (χ1n) is 7.93. The molecule has 0 aliphatic carbocycles. The van der Waals surface area contributed by atoms with Crippen LogP contribution in [0.25, 0.3) is 0 Å². The molecule has 4 heteroatoms. The predicted molar refractivity (Wildman–Crippen MR) is 86.1 cm³/mol. The second-order valence-corrected chi connectivity index (χ2v) is 5.93. The highest BCUT2D eigenvalue weighted by atomic mass is 16.2. The van der Waals surface area contributed by atoms with Crippen molar-refractivity contribution < 1.29 is 4.79 Å². The van der Waals surface area contributed by atoms with Crippen molar-refractivity contribution >= 4 is 5.91 Å². The molecule has 1 aliphatic heterocycles. The van der Waals surface area contributed by atoms with Crippen LogP contribution in [0.1, 0.15) is 25.8 Å². The van der Waals surface area contributed by atoms with Crippen molar-refractivity contribution in [3.8, 4) is 0 Å². The fraction of sp³-hybridized carbons (Fsp3) is 0.588. The summed E-state index contributed by atoms with van der Waals surface area (Å²) in [7, 11) is 0. The molecule has 1 N–H and O–H groups in total. The maximum Gasteiger partial charge on any atom is 0.223 e. The Morgan fingerprint density at radius 2 is 1.90 bits per heavy atom. The Kier molecular flexibility index (Phi) is 6.21. The molecule has 0 saturated carbocycles. The van der Waals surface area contributed by atoms with Crippen molar-refractivity contribution in [1.29, 1.82) is 0 Å². The van der Waals surface area contributed by atoms with Gasteiger partial charge in [-0.3, -0.25) is 9.69 Å². The Labute approximate surface area is 128 Å². The van der Waals surface area contributed by atoms with Crippen molar-refractivity contribution in [2.75, 3.05) is 32.7 Å². The maximum atomic E-state index is 12.2. The van der Waals surface area contributed by atoms with Crippen LogP contribution in [0.15, 0.2) is 30.3 Å². The highest BCUT2D eigenvalue weighted by Gasteiger charge is 2.18. The molecule has 4 nitrogen and oxygen atoms in total. The molecule has 1 aromatic carbocycles. The van der Waals surface area contributed by atoms with E-state index in [1.165, 1.54) is 5.56 Å². The molecule has 1 aromatic rings. The summed E-state index contributed by atoms with van der Waals surface area (Å²) < 4.78 is 0. The van der Waals surface area contributed by atoms with Crippen LogP contribution in [-0.2, 0) is 11.3 Å². The van der Waals surface area contributed by atoms with E-state index in [0.29, 0.717) is 12.5 Å². The zero-order chi connectivity index (χ0) is 15.1. The molecule has 21 heavy (non-hydrogen) atoms. The minimum absolute atomic E-state index is 0.287. The first-order valence-corrected chi connectivity index (χ1v) is 7.93. The van der Waals surface area contributed by atoms with Crippen LogP contribution in [0, 0.1) is 0 Å². The number of hydrogen-bond donors (Lipinski definition) is 1. The van der Waals surface area contributed by atoms with E-state index in [1.807, 2.05) is 11.0 Å². The van der Waals surface area contributed by atoms with Crippen LogP contribution in [0.5, 0.6) is 0 Å². The molecule has 2 rings (SSSR count). The lowest BCUT2D eigenvalue weighted by atomic mass is 10.1. The van der Waals surface area contributed by atoms with E-state index in [4.69, 9.17) is 0 Å². The zero-order valence-electron chi connectivity index (χ0n) is 13.2. The molecular weight excluding hydrogens is 262 g/mol. The van der Waals surface area contributed by atoms with Gasteiger partial charge in [0.15, 0.2) is 0 Å². The molecular formula is C17H27N3O. The highest BCUT2D eigenvalue weighted by Crippen LogP contribution is 2.09. The second-order valence-electron chi connectivity index (χ2n) is 5.93. The van der Waals surface area contributed by atoms with Crippen molar-refractivity contribution in [3.05, 3.63) is 35.9 Å². The summed E-state index contributed by atoms with van der Waals surface area (Å²) >= 11 is 0. The number of carbonyl (C=O) groups excluding carboxylic acids is 1. The van der Waals surface area contributed by atoms with Crippen LogP contribution >= 0.6 is 0 Å². The number of amides is 1. The summed E-state index contributed by atoms with van der Waals surface area (Å²) in [5.41, 5.74) is 1.31. The van der Waals surface area contributed by atoms with Gasteiger partial charge in [-0.25, -0.2) is 0 Å². The summed E-state index contributed by atoms with van der Waals surface area (Å²) in [6, 6.07) is 10.9. The monoisotopic (exact) mass is 289 g/mol. The Bertz CT molecular complexity index is 427. The third-order valence-corrected chi connectivity index (χ3v) is 4.04. The Morgan fingerprint density at radius 1 is 1.24 bits per heavy atom. The van der Waals surface area contributed by atoms with E-state index in [2.05, 4.69) is 48.3 Å². The van der Waals surface area contributed by atoms with E-state index in [1.54, 1.807) is 0 Å². The third-order valence-electron chi connectivity index (χ3n) is 4.04. The molecule has 0 spiro atoms. The van der Waals surface area contributed by atoms with Gasteiger partial charge in [0.25, 0.3) is 0 Å². The molecule has 1 aliphatic rings. The second kappa shape index (κ2) is 8.15. The van der Waals surface area contributed by atoms with E-state index in [0.717, 1.165) is 39.3 Å². The smallest absolute Gasteiger partial charge is 0.223 e. The SMILES string of the molecule is CC(C)N(CCC(=O)N1CCNCC1)Cc1ccccc1. The van der Waals surface area contributed by atoms with Gasteiger partial charge in [-0.2, -0.15) is 0 Å². The van der Waals surface area contributed by atoms with Gasteiger partial charge in [0, 0.05) is 51.7 Å². The molecule has 1 saturated heterocycles.